The molecule has 1 N–H and O–H groups in total. The Bertz CT molecular complexity index is 1010. The Labute approximate surface area is 196 Å². The first-order chi connectivity index (χ1) is 16.0. The number of amidine groups is 1. The van der Waals surface area contributed by atoms with Crippen LogP contribution in [0.5, 0.6) is 5.75 Å². The topological polar surface area (TPSA) is 80.2 Å². The minimum atomic E-state index is -0.590. The number of carbonyl (C=O) groups is 2. The minimum Gasteiger partial charge on any atom is -0.494 e. The Morgan fingerprint density at radius 3 is 2.67 bits per heavy atom. The molecule has 2 aliphatic heterocycles. The molecule has 0 spiro atoms. The van der Waals surface area contributed by atoms with Crippen molar-refractivity contribution < 1.29 is 23.5 Å². The quantitative estimate of drug-likeness (QED) is 0.619. The maximum absolute atomic E-state index is 13.2. The summed E-state index contributed by atoms with van der Waals surface area (Å²) >= 11 is 1.28. The van der Waals surface area contributed by atoms with Crippen molar-refractivity contribution in [2.24, 2.45) is 4.99 Å². The second-order valence-corrected chi connectivity index (χ2v) is 8.94. The van der Waals surface area contributed by atoms with E-state index in [-0.39, 0.29) is 30.2 Å². The van der Waals surface area contributed by atoms with Gasteiger partial charge in [-0.25, -0.2) is 9.38 Å². The highest BCUT2D eigenvalue weighted by atomic mass is 32.2. The van der Waals surface area contributed by atoms with Gasteiger partial charge in [-0.2, -0.15) is 0 Å². The Morgan fingerprint density at radius 1 is 1.24 bits per heavy atom. The smallest absolute Gasteiger partial charge is 0.242 e. The van der Waals surface area contributed by atoms with Gasteiger partial charge in [-0.15, -0.1) is 0 Å². The summed E-state index contributed by atoms with van der Waals surface area (Å²) in [7, 11) is 0. The molecule has 0 aliphatic carbocycles. The van der Waals surface area contributed by atoms with Crippen LogP contribution in [0, 0.1) is 5.82 Å². The molecule has 2 fully saturated rings. The molecule has 0 bridgehead atoms. The van der Waals surface area contributed by atoms with Gasteiger partial charge in [0.1, 0.15) is 16.8 Å². The van der Waals surface area contributed by atoms with E-state index in [4.69, 9.17) is 9.47 Å². The van der Waals surface area contributed by atoms with Crippen LogP contribution in [0.15, 0.2) is 53.5 Å². The molecule has 33 heavy (non-hydrogen) atoms. The van der Waals surface area contributed by atoms with Crippen LogP contribution in [0.25, 0.3) is 0 Å². The molecule has 2 atom stereocenters. The fraction of sp³-hybridized carbons (Fsp3) is 0.375. The zero-order valence-corrected chi connectivity index (χ0v) is 19.1. The van der Waals surface area contributed by atoms with E-state index in [9.17, 15) is 14.0 Å². The Balaban J connectivity index is 1.48. The summed E-state index contributed by atoms with van der Waals surface area (Å²) < 4.78 is 24.3. The van der Waals surface area contributed by atoms with E-state index in [0.29, 0.717) is 36.3 Å². The van der Waals surface area contributed by atoms with E-state index >= 15 is 0 Å². The largest absolute Gasteiger partial charge is 0.494 e. The highest BCUT2D eigenvalue weighted by Crippen LogP contribution is 2.33. The minimum absolute atomic E-state index is 0.00873. The van der Waals surface area contributed by atoms with Crippen LogP contribution in [-0.4, -0.2) is 53.0 Å². The molecule has 2 aromatic carbocycles. The predicted octanol–water partition coefficient (Wildman–Crippen LogP) is 4.36. The fourth-order valence-corrected chi connectivity index (χ4v) is 4.86. The zero-order chi connectivity index (χ0) is 23.2. The maximum Gasteiger partial charge on any atom is 0.242 e. The summed E-state index contributed by atoms with van der Waals surface area (Å²) in [6.07, 6.45) is 1.81. The van der Waals surface area contributed by atoms with Gasteiger partial charge in [0.15, 0.2) is 5.17 Å². The van der Waals surface area contributed by atoms with Gasteiger partial charge in [0.05, 0.1) is 24.9 Å². The van der Waals surface area contributed by atoms with Crippen LogP contribution in [0.4, 0.5) is 15.8 Å². The highest BCUT2D eigenvalue weighted by molar-refractivity contribution is 8.15. The normalized spacial score (nSPS) is 21.6. The summed E-state index contributed by atoms with van der Waals surface area (Å²) in [5.41, 5.74) is 1.18. The molecule has 0 radical (unpaired) electrons. The van der Waals surface area contributed by atoms with Crippen LogP contribution in [0.3, 0.4) is 0 Å². The van der Waals surface area contributed by atoms with Gasteiger partial charge >= 0.3 is 0 Å². The first kappa shape index (κ1) is 23.3. The van der Waals surface area contributed by atoms with Crippen LogP contribution in [-0.2, 0) is 14.3 Å². The number of carbonyl (C=O) groups excluding carboxylic acids is 2. The van der Waals surface area contributed by atoms with Gasteiger partial charge in [0.25, 0.3) is 0 Å². The number of anilines is 1. The molecule has 9 heteroatoms. The molecule has 2 aromatic rings. The summed E-state index contributed by atoms with van der Waals surface area (Å²) in [6.45, 7) is 3.60. The molecule has 2 saturated heterocycles. The van der Waals surface area contributed by atoms with Crippen molar-refractivity contribution in [3.8, 4) is 5.75 Å². The number of nitrogens with zero attached hydrogens (tertiary/aromatic N) is 2. The lowest BCUT2D eigenvalue weighted by atomic mass is 10.2. The molecular weight excluding hydrogens is 445 g/mol. The number of nitrogens with one attached hydrogen (secondary N) is 1. The summed E-state index contributed by atoms with van der Waals surface area (Å²) in [5.74, 6) is -0.0983. The number of amides is 2. The molecule has 4 rings (SSSR count). The van der Waals surface area contributed by atoms with E-state index in [2.05, 4.69) is 10.3 Å². The number of thioether (sulfide) groups is 1. The first-order valence-electron chi connectivity index (χ1n) is 11.0. The van der Waals surface area contributed by atoms with Crippen molar-refractivity contribution in [2.45, 2.75) is 37.5 Å². The molecule has 2 heterocycles. The first-order valence-corrected chi connectivity index (χ1v) is 11.9. The van der Waals surface area contributed by atoms with Crippen molar-refractivity contribution in [3.63, 3.8) is 0 Å². The molecule has 0 saturated carbocycles. The number of halogens is 1. The number of benzene rings is 2. The average molecular weight is 472 g/mol. The lowest BCUT2D eigenvalue weighted by Gasteiger charge is -2.20. The van der Waals surface area contributed by atoms with Crippen molar-refractivity contribution in [1.29, 1.82) is 0 Å². The standard InChI is InChI=1S/C24H26FN3O4S/c1-2-31-19-11-9-18(10-12-19)27-24-28(15-20-4-3-13-32-20)23(30)21(33-24)14-22(29)26-17-7-5-16(25)6-8-17/h5-12,20-21H,2-4,13-15H2,1H3,(H,26,29). The van der Waals surface area contributed by atoms with Gasteiger partial charge < -0.3 is 14.8 Å². The third-order valence-electron chi connectivity index (χ3n) is 5.30. The number of aliphatic imine (C=N–C) groups is 1. The van der Waals surface area contributed by atoms with Gasteiger partial charge in [0, 0.05) is 18.7 Å². The molecule has 2 unspecified atom stereocenters. The number of hydrogen-bond donors (Lipinski definition) is 1. The van der Waals surface area contributed by atoms with Crippen molar-refractivity contribution in [2.75, 3.05) is 25.1 Å². The van der Waals surface area contributed by atoms with Crippen LogP contribution < -0.4 is 10.1 Å². The molecule has 7 nitrogen and oxygen atoms in total. The number of ether oxygens (including phenoxy) is 2. The lowest BCUT2D eigenvalue weighted by Crippen LogP contribution is -2.38. The summed E-state index contributed by atoms with van der Waals surface area (Å²) in [4.78, 5) is 32.0. The Morgan fingerprint density at radius 2 is 2.00 bits per heavy atom. The van der Waals surface area contributed by atoms with E-state index in [0.717, 1.165) is 18.6 Å². The van der Waals surface area contributed by atoms with E-state index in [1.165, 1.54) is 36.0 Å². The summed E-state index contributed by atoms with van der Waals surface area (Å²) in [5, 5.41) is 2.68. The van der Waals surface area contributed by atoms with Gasteiger partial charge in [-0.05, 0) is 68.3 Å². The molecule has 0 aromatic heterocycles. The maximum atomic E-state index is 13.2. The van der Waals surface area contributed by atoms with E-state index < -0.39 is 5.25 Å². The number of hydrogen-bond acceptors (Lipinski definition) is 6. The van der Waals surface area contributed by atoms with Crippen LogP contribution in [0.1, 0.15) is 26.2 Å². The van der Waals surface area contributed by atoms with Crippen LogP contribution in [0.2, 0.25) is 0 Å². The van der Waals surface area contributed by atoms with Crippen molar-refractivity contribution in [3.05, 3.63) is 54.3 Å². The third kappa shape index (κ3) is 6.11. The molecule has 2 aliphatic rings. The monoisotopic (exact) mass is 471 g/mol. The van der Waals surface area contributed by atoms with Gasteiger partial charge in [0.2, 0.25) is 11.8 Å². The lowest BCUT2D eigenvalue weighted by molar-refractivity contribution is -0.129. The summed E-state index contributed by atoms with van der Waals surface area (Å²) in [6, 6.07) is 12.9. The van der Waals surface area contributed by atoms with E-state index in [1.54, 1.807) is 4.90 Å². The van der Waals surface area contributed by atoms with Gasteiger partial charge in [-0.3, -0.25) is 14.5 Å². The Hall–Kier alpha value is -2.91. The highest BCUT2D eigenvalue weighted by Gasteiger charge is 2.40. The van der Waals surface area contributed by atoms with Gasteiger partial charge in [-0.1, -0.05) is 11.8 Å². The third-order valence-corrected chi connectivity index (χ3v) is 6.48. The second-order valence-electron chi connectivity index (χ2n) is 7.77. The fourth-order valence-electron chi connectivity index (χ4n) is 3.69. The van der Waals surface area contributed by atoms with Crippen molar-refractivity contribution in [1.82, 2.24) is 4.90 Å². The molecular formula is C24H26FN3O4S. The SMILES string of the molecule is CCOc1ccc(N=C2SC(CC(=O)Nc3ccc(F)cc3)C(=O)N2CC2CCCO2)cc1. The molecule has 174 valence electrons. The molecule has 2 amide bonds. The van der Waals surface area contributed by atoms with Crippen LogP contribution >= 0.6 is 11.8 Å². The predicted molar refractivity (Wildman–Crippen MR) is 126 cm³/mol. The number of rotatable bonds is 8. The van der Waals surface area contributed by atoms with Crippen molar-refractivity contribution >= 4 is 40.1 Å². The zero-order valence-electron chi connectivity index (χ0n) is 18.3. The average Bonchev–Trinajstić information content (AvgIpc) is 3.41. The second kappa shape index (κ2) is 10.8. The van der Waals surface area contributed by atoms with E-state index in [1.807, 2.05) is 31.2 Å². The Kier molecular flexibility index (Phi) is 7.61.